The van der Waals surface area contributed by atoms with Crippen LogP contribution in [0.2, 0.25) is 5.02 Å². The summed E-state index contributed by atoms with van der Waals surface area (Å²) in [6.45, 7) is 4.69. The highest BCUT2D eigenvalue weighted by Crippen LogP contribution is 2.28. The Labute approximate surface area is 237 Å². The van der Waals surface area contributed by atoms with Crippen LogP contribution in [0.25, 0.3) is 0 Å². The molecule has 1 fully saturated rings. The topological polar surface area (TPSA) is 114 Å². The molecule has 206 valence electrons. The van der Waals surface area contributed by atoms with Gasteiger partial charge in [0, 0.05) is 49.4 Å². The van der Waals surface area contributed by atoms with Crippen molar-refractivity contribution in [1.29, 1.82) is 0 Å². The molecule has 0 saturated carbocycles. The number of benzene rings is 3. The number of halogens is 1. The normalized spacial score (nSPS) is 14.8. The van der Waals surface area contributed by atoms with Gasteiger partial charge in [-0.05, 0) is 55.0 Å². The van der Waals surface area contributed by atoms with Gasteiger partial charge in [-0.3, -0.25) is 0 Å². The van der Waals surface area contributed by atoms with Crippen LogP contribution in [0, 0.1) is 0 Å². The third kappa shape index (κ3) is 6.55. The second-order valence-corrected chi connectivity index (χ2v) is 10.2. The molecule has 5 rings (SSSR count). The lowest BCUT2D eigenvalue weighted by Crippen LogP contribution is -2.46. The molecular formula is C30H30ClN5O4. The third-order valence-corrected chi connectivity index (χ3v) is 6.94. The number of hydrogen-bond donors (Lipinski definition) is 2. The predicted octanol–water partition coefficient (Wildman–Crippen LogP) is 5.30. The molecule has 3 aromatic carbocycles. The van der Waals surface area contributed by atoms with Crippen molar-refractivity contribution in [3.05, 3.63) is 95.5 Å². The summed E-state index contributed by atoms with van der Waals surface area (Å²) in [6.07, 6.45) is 0.170. The highest BCUT2D eigenvalue weighted by atomic mass is 35.5. The van der Waals surface area contributed by atoms with E-state index in [9.17, 15) is 9.90 Å². The molecule has 1 aliphatic rings. The largest absolute Gasteiger partial charge is 0.478 e. The smallest absolute Gasteiger partial charge is 0.348 e. The van der Waals surface area contributed by atoms with Crippen LogP contribution in [0.4, 0.5) is 17.5 Å². The standard InChI is InChI=1S/C30H30ClN5O4/c1-30(28(37)38,40-25-8-3-2-4-9-25)20-21-10-12-24(13-11-21)39-27-19-26(33-29(32)34-27)36-16-14-35(15-17-36)23-7-5-6-22(31)18-23/h2-13,18-19H,14-17,20H2,1H3,(H,37,38)(H2,32,33,34). The van der Waals surface area contributed by atoms with E-state index < -0.39 is 11.6 Å². The fraction of sp³-hybridized carbons (Fsp3) is 0.233. The Morgan fingerprint density at radius 3 is 2.30 bits per heavy atom. The van der Waals surface area contributed by atoms with Gasteiger partial charge in [0.1, 0.15) is 17.3 Å². The number of anilines is 3. The van der Waals surface area contributed by atoms with Crippen molar-refractivity contribution >= 4 is 35.0 Å². The summed E-state index contributed by atoms with van der Waals surface area (Å²) in [4.78, 5) is 25.1. The molecule has 0 bridgehead atoms. The van der Waals surface area contributed by atoms with Gasteiger partial charge in [-0.2, -0.15) is 9.97 Å². The first-order valence-corrected chi connectivity index (χ1v) is 13.3. The molecule has 0 amide bonds. The Morgan fingerprint density at radius 2 is 1.62 bits per heavy atom. The summed E-state index contributed by atoms with van der Waals surface area (Å²) < 4.78 is 11.8. The minimum absolute atomic E-state index is 0.122. The number of aliphatic carboxylic acids is 1. The number of nitrogens with two attached hydrogens (primary N) is 1. The van der Waals surface area contributed by atoms with Crippen LogP contribution in [-0.4, -0.2) is 52.8 Å². The van der Waals surface area contributed by atoms with Gasteiger partial charge >= 0.3 is 5.97 Å². The first kappa shape index (κ1) is 27.1. The van der Waals surface area contributed by atoms with Crippen LogP contribution in [0.3, 0.4) is 0 Å². The van der Waals surface area contributed by atoms with Gasteiger partial charge < -0.3 is 30.1 Å². The Balaban J connectivity index is 1.23. The van der Waals surface area contributed by atoms with Crippen molar-refractivity contribution in [2.24, 2.45) is 0 Å². The summed E-state index contributed by atoms with van der Waals surface area (Å²) in [5, 5.41) is 10.6. The van der Waals surface area contributed by atoms with Crippen LogP contribution >= 0.6 is 11.6 Å². The number of aromatic nitrogens is 2. The molecule has 9 nitrogen and oxygen atoms in total. The summed E-state index contributed by atoms with van der Waals surface area (Å²) in [5.74, 6) is 1.14. The first-order valence-electron chi connectivity index (χ1n) is 12.9. The van der Waals surface area contributed by atoms with Crippen molar-refractivity contribution < 1.29 is 19.4 Å². The molecule has 10 heteroatoms. The van der Waals surface area contributed by atoms with E-state index in [0.29, 0.717) is 23.2 Å². The van der Waals surface area contributed by atoms with Crippen LogP contribution in [0.5, 0.6) is 17.4 Å². The lowest BCUT2D eigenvalue weighted by molar-refractivity contribution is -0.153. The number of carboxylic acids is 1. The van der Waals surface area contributed by atoms with Crippen molar-refractivity contribution in [2.45, 2.75) is 18.9 Å². The minimum Gasteiger partial charge on any atom is -0.478 e. The monoisotopic (exact) mass is 559 g/mol. The fourth-order valence-electron chi connectivity index (χ4n) is 4.60. The number of carbonyl (C=O) groups is 1. The van der Waals surface area contributed by atoms with Crippen LogP contribution in [0.1, 0.15) is 12.5 Å². The highest BCUT2D eigenvalue weighted by Gasteiger charge is 2.36. The number of para-hydroxylation sites is 1. The maximum Gasteiger partial charge on any atom is 0.348 e. The zero-order valence-corrected chi connectivity index (χ0v) is 22.8. The van der Waals surface area contributed by atoms with E-state index in [2.05, 4.69) is 25.8 Å². The summed E-state index contributed by atoms with van der Waals surface area (Å²) in [6, 6.07) is 25.7. The lowest BCUT2D eigenvalue weighted by Gasteiger charge is -2.36. The maximum absolute atomic E-state index is 12.0. The molecule has 4 aromatic rings. The van der Waals surface area contributed by atoms with Gasteiger partial charge in [-0.15, -0.1) is 0 Å². The van der Waals surface area contributed by atoms with Crippen LogP contribution < -0.4 is 25.0 Å². The number of rotatable bonds is 9. The van der Waals surface area contributed by atoms with Crippen LogP contribution in [0.15, 0.2) is 84.9 Å². The minimum atomic E-state index is -1.43. The molecule has 1 unspecified atom stereocenters. The van der Waals surface area contributed by atoms with Gasteiger partial charge in [0.25, 0.3) is 0 Å². The van der Waals surface area contributed by atoms with Crippen molar-refractivity contribution in [1.82, 2.24) is 9.97 Å². The Hall–Kier alpha value is -4.50. The molecular weight excluding hydrogens is 530 g/mol. The van der Waals surface area contributed by atoms with Crippen LogP contribution in [-0.2, 0) is 11.2 Å². The van der Waals surface area contributed by atoms with Gasteiger partial charge in [0.15, 0.2) is 0 Å². The van der Waals surface area contributed by atoms with Gasteiger partial charge in [-0.25, -0.2) is 4.79 Å². The second kappa shape index (κ2) is 11.7. The molecule has 0 radical (unpaired) electrons. The van der Waals surface area contributed by atoms with Gasteiger partial charge in [-0.1, -0.05) is 48.0 Å². The van der Waals surface area contributed by atoms with E-state index in [1.54, 1.807) is 49.4 Å². The van der Waals surface area contributed by atoms with Gasteiger partial charge in [0.2, 0.25) is 17.4 Å². The number of nitrogen functional groups attached to an aromatic ring is 1. The number of piperazine rings is 1. The average molecular weight is 560 g/mol. The Bertz CT molecular complexity index is 1460. The molecule has 40 heavy (non-hydrogen) atoms. The molecule has 0 spiro atoms. The number of hydrogen-bond acceptors (Lipinski definition) is 8. The average Bonchev–Trinajstić information content (AvgIpc) is 2.94. The number of carboxylic acid groups (broad SMARTS) is 1. The first-order chi connectivity index (χ1) is 19.3. The van der Waals surface area contributed by atoms with E-state index in [-0.39, 0.29) is 12.4 Å². The van der Waals surface area contributed by atoms with E-state index in [1.807, 2.05) is 36.4 Å². The second-order valence-electron chi connectivity index (χ2n) is 9.75. The quantitative estimate of drug-likeness (QED) is 0.282. The van der Waals surface area contributed by atoms with Gasteiger partial charge in [0.05, 0.1) is 0 Å². The zero-order chi connectivity index (χ0) is 28.1. The number of nitrogens with zero attached hydrogens (tertiary/aromatic N) is 4. The van der Waals surface area contributed by atoms with E-state index in [1.165, 1.54) is 0 Å². The summed E-state index contributed by atoms with van der Waals surface area (Å²) in [7, 11) is 0. The lowest BCUT2D eigenvalue weighted by atomic mass is 9.96. The summed E-state index contributed by atoms with van der Waals surface area (Å²) in [5.41, 5.74) is 6.46. The highest BCUT2D eigenvalue weighted by molar-refractivity contribution is 6.30. The Kier molecular flexibility index (Phi) is 7.93. The molecule has 1 saturated heterocycles. The third-order valence-electron chi connectivity index (χ3n) is 6.71. The molecule has 0 aliphatic carbocycles. The summed E-state index contributed by atoms with van der Waals surface area (Å²) >= 11 is 6.16. The van der Waals surface area contributed by atoms with Crippen molar-refractivity contribution in [2.75, 3.05) is 41.7 Å². The molecule has 2 heterocycles. The molecule has 1 aromatic heterocycles. The van der Waals surface area contributed by atoms with E-state index in [4.69, 9.17) is 26.8 Å². The predicted molar refractivity (Wildman–Crippen MR) is 156 cm³/mol. The molecule has 3 N–H and O–H groups in total. The Morgan fingerprint density at radius 1 is 0.925 bits per heavy atom. The fourth-order valence-corrected chi connectivity index (χ4v) is 4.79. The number of ether oxygens (including phenoxy) is 2. The van der Waals surface area contributed by atoms with E-state index >= 15 is 0 Å². The molecule has 1 atom stereocenters. The SMILES string of the molecule is CC(Cc1ccc(Oc2cc(N3CCN(c4cccc(Cl)c4)CC3)nc(N)n2)cc1)(Oc1ccccc1)C(=O)O. The van der Waals surface area contributed by atoms with E-state index in [0.717, 1.165) is 42.5 Å². The van der Waals surface area contributed by atoms with Crippen molar-refractivity contribution in [3.8, 4) is 17.4 Å². The maximum atomic E-state index is 12.0. The molecule has 1 aliphatic heterocycles. The van der Waals surface area contributed by atoms with Crippen molar-refractivity contribution in [3.63, 3.8) is 0 Å². The zero-order valence-electron chi connectivity index (χ0n) is 22.0.